The number of hydrogen-bond acceptors (Lipinski definition) is 3. The molecule has 20 heavy (non-hydrogen) atoms. The molecule has 3 rings (SSSR count). The maximum absolute atomic E-state index is 10.6. The lowest BCUT2D eigenvalue weighted by Gasteiger charge is -1.96. The molecule has 0 saturated heterocycles. The van der Waals surface area contributed by atoms with Gasteiger partial charge < -0.3 is 0 Å². The van der Waals surface area contributed by atoms with Gasteiger partial charge in [-0.05, 0) is 29.7 Å². The van der Waals surface area contributed by atoms with Crippen molar-refractivity contribution in [1.29, 1.82) is 0 Å². The largest absolute Gasteiger partial charge is 0.289 e. The Balaban J connectivity index is 1.63. The fourth-order valence-corrected chi connectivity index (χ4v) is 2.27. The zero-order chi connectivity index (χ0) is 13.9. The van der Waals surface area contributed by atoms with Crippen molar-refractivity contribution in [2.75, 3.05) is 0 Å². The third-order valence-electron chi connectivity index (χ3n) is 3.50. The minimum Gasteiger partial charge on any atom is -0.289 e. The normalized spacial score (nSPS) is 21.0. The zero-order valence-electron chi connectivity index (χ0n) is 10.8. The summed E-state index contributed by atoms with van der Waals surface area (Å²) in [5, 5.41) is 10.6. The molecule has 0 bridgehead atoms. The summed E-state index contributed by atoms with van der Waals surface area (Å²) in [5.74, 6) is 0.519. The molecule has 4 nitrogen and oxygen atoms in total. The number of rotatable bonds is 4. The van der Waals surface area contributed by atoms with E-state index < -0.39 is 4.92 Å². The number of aliphatic imine (C=N–C) groups is 1. The molecule has 0 amide bonds. The van der Waals surface area contributed by atoms with E-state index in [4.69, 9.17) is 0 Å². The van der Waals surface area contributed by atoms with Gasteiger partial charge in [0.25, 0.3) is 5.69 Å². The smallest absolute Gasteiger partial charge is 0.269 e. The standard InChI is InChI=1S/C16H14N2O2/c19-18(20)14-8-6-12(7-9-14)11-17-16-10-15(16)13-4-2-1-3-5-13/h1-9,11,15-16H,10H2/t15-,16-/m1/s1. The number of nitro benzene ring substituents is 1. The number of nitro groups is 1. The molecular formula is C16H14N2O2. The predicted octanol–water partition coefficient (Wildman–Crippen LogP) is 3.57. The average Bonchev–Trinajstić information content (AvgIpc) is 3.26. The van der Waals surface area contributed by atoms with E-state index in [1.54, 1.807) is 18.3 Å². The molecule has 0 aromatic heterocycles. The predicted molar refractivity (Wildman–Crippen MR) is 78.3 cm³/mol. The molecule has 2 atom stereocenters. The molecule has 1 aliphatic carbocycles. The minimum absolute atomic E-state index is 0.107. The monoisotopic (exact) mass is 266 g/mol. The van der Waals surface area contributed by atoms with Gasteiger partial charge in [-0.2, -0.15) is 0 Å². The van der Waals surface area contributed by atoms with Crippen molar-refractivity contribution in [3.8, 4) is 0 Å². The summed E-state index contributed by atoms with van der Waals surface area (Å²) in [4.78, 5) is 14.7. The van der Waals surface area contributed by atoms with Crippen LogP contribution in [0.1, 0.15) is 23.5 Å². The Morgan fingerprint density at radius 2 is 1.80 bits per heavy atom. The first-order chi connectivity index (χ1) is 9.74. The van der Waals surface area contributed by atoms with Crippen LogP contribution >= 0.6 is 0 Å². The van der Waals surface area contributed by atoms with Crippen molar-refractivity contribution in [3.63, 3.8) is 0 Å². The van der Waals surface area contributed by atoms with Gasteiger partial charge in [-0.1, -0.05) is 30.3 Å². The van der Waals surface area contributed by atoms with Crippen molar-refractivity contribution in [2.45, 2.75) is 18.4 Å². The molecule has 2 aromatic rings. The molecule has 1 saturated carbocycles. The second-order valence-electron chi connectivity index (χ2n) is 4.95. The van der Waals surface area contributed by atoms with Gasteiger partial charge in [-0.3, -0.25) is 15.1 Å². The van der Waals surface area contributed by atoms with Gasteiger partial charge in [0.15, 0.2) is 0 Å². The highest BCUT2D eigenvalue weighted by Gasteiger charge is 2.37. The van der Waals surface area contributed by atoms with E-state index in [2.05, 4.69) is 17.1 Å². The molecule has 0 aliphatic heterocycles. The van der Waals surface area contributed by atoms with Crippen LogP contribution in [0.2, 0.25) is 0 Å². The van der Waals surface area contributed by atoms with Crippen LogP contribution in [0.25, 0.3) is 0 Å². The topological polar surface area (TPSA) is 55.5 Å². The lowest BCUT2D eigenvalue weighted by molar-refractivity contribution is -0.384. The van der Waals surface area contributed by atoms with Gasteiger partial charge in [0, 0.05) is 24.3 Å². The van der Waals surface area contributed by atoms with Crippen molar-refractivity contribution >= 4 is 11.9 Å². The number of nitrogens with zero attached hydrogens (tertiary/aromatic N) is 2. The Bertz CT molecular complexity index is 635. The summed E-state index contributed by atoms with van der Waals surface area (Å²) in [6.07, 6.45) is 2.88. The summed E-state index contributed by atoms with van der Waals surface area (Å²) in [6.45, 7) is 0. The lowest BCUT2D eigenvalue weighted by Crippen LogP contribution is -1.90. The second kappa shape index (κ2) is 5.25. The maximum Gasteiger partial charge on any atom is 0.269 e. The van der Waals surface area contributed by atoms with E-state index >= 15 is 0 Å². The Labute approximate surface area is 116 Å². The third-order valence-corrected chi connectivity index (χ3v) is 3.50. The summed E-state index contributed by atoms with van der Waals surface area (Å²) in [6, 6.07) is 17.2. The fourth-order valence-electron chi connectivity index (χ4n) is 2.27. The first-order valence-corrected chi connectivity index (χ1v) is 6.56. The van der Waals surface area contributed by atoms with E-state index in [0.717, 1.165) is 12.0 Å². The van der Waals surface area contributed by atoms with Gasteiger partial charge >= 0.3 is 0 Å². The summed E-state index contributed by atoms with van der Waals surface area (Å²) < 4.78 is 0. The summed E-state index contributed by atoms with van der Waals surface area (Å²) in [5.41, 5.74) is 2.34. The minimum atomic E-state index is -0.396. The Hall–Kier alpha value is -2.49. The first-order valence-electron chi connectivity index (χ1n) is 6.56. The third kappa shape index (κ3) is 2.74. The van der Waals surface area contributed by atoms with E-state index in [-0.39, 0.29) is 5.69 Å². The molecule has 0 spiro atoms. The molecule has 0 heterocycles. The fraction of sp³-hybridized carbons (Fsp3) is 0.188. The highest BCUT2D eigenvalue weighted by molar-refractivity contribution is 5.80. The SMILES string of the molecule is O=[N+]([O-])c1ccc(C=N[C@@H]2C[C@@H]2c2ccccc2)cc1. The lowest BCUT2D eigenvalue weighted by atomic mass is 10.1. The van der Waals surface area contributed by atoms with Gasteiger partial charge in [-0.25, -0.2) is 0 Å². The van der Waals surface area contributed by atoms with Gasteiger partial charge in [-0.15, -0.1) is 0 Å². The van der Waals surface area contributed by atoms with Crippen LogP contribution in [0.15, 0.2) is 59.6 Å². The Morgan fingerprint density at radius 1 is 1.10 bits per heavy atom. The molecule has 0 unspecified atom stereocenters. The second-order valence-corrected chi connectivity index (χ2v) is 4.95. The van der Waals surface area contributed by atoms with Crippen molar-refractivity contribution < 1.29 is 4.92 Å². The molecule has 0 N–H and O–H groups in total. The number of non-ortho nitro benzene ring substituents is 1. The van der Waals surface area contributed by atoms with E-state index in [1.807, 2.05) is 18.2 Å². The molecule has 1 aliphatic rings. The van der Waals surface area contributed by atoms with Crippen LogP contribution in [-0.4, -0.2) is 17.2 Å². The van der Waals surface area contributed by atoms with Gasteiger partial charge in [0.05, 0.1) is 11.0 Å². The number of hydrogen-bond donors (Lipinski definition) is 0. The van der Waals surface area contributed by atoms with E-state index in [9.17, 15) is 10.1 Å². The van der Waals surface area contributed by atoms with Crippen LogP contribution in [0.4, 0.5) is 5.69 Å². The van der Waals surface area contributed by atoms with Crippen LogP contribution in [0, 0.1) is 10.1 Å². The van der Waals surface area contributed by atoms with Crippen molar-refractivity contribution in [2.24, 2.45) is 4.99 Å². The molecule has 100 valence electrons. The molecular weight excluding hydrogens is 252 g/mol. The maximum atomic E-state index is 10.6. The Kier molecular flexibility index (Phi) is 3.29. The van der Waals surface area contributed by atoms with Gasteiger partial charge in [0.2, 0.25) is 0 Å². The molecule has 1 fully saturated rings. The first kappa shape index (κ1) is 12.5. The quantitative estimate of drug-likeness (QED) is 0.482. The van der Waals surface area contributed by atoms with Crippen LogP contribution in [-0.2, 0) is 0 Å². The van der Waals surface area contributed by atoms with Crippen molar-refractivity contribution in [3.05, 3.63) is 75.8 Å². The average molecular weight is 266 g/mol. The highest BCUT2D eigenvalue weighted by Crippen LogP contribution is 2.43. The molecule has 2 aromatic carbocycles. The van der Waals surface area contributed by atoms with E-state index in [1.165, 1.54) is 17.7 Å². The van der Waals surface area contributed by atoms with Crippen LogP contribution in [0.5, 0.6) is 0 Å². The molecule has 0 radical (unpaired) electrons. The summed E-state index contributed by atoms with van der Waals surface area (Å²) in [7, 11) is 0. The zero-order valence-corrected chi connectivity index (χ0v) is 10.8. The van der Waals surface area contributed by atoms with Crippen molar-refractivity contribution in [1.82, 2.24) is 0 Å². The Morgan fingerprint density at radius 3 is 2.45 bits per heavy atom. The van der Waals surface area contributed by atoms with Gasteiger partial charge in [0.1, 0.15) is 0 Å². The van der Waals surface area contributed by atoms with Crippen LogP contribution < -0.4 is 0 Å². The summed E-state index contributed by atoms with van der Waals surface area (Å²) >= 11 is 0. The highest BCUT2D eigenvalue weighted by atomic mass is 16.6. The number of benzene rings is 2. The van der Waals surface area contributed by atoms with Crippen LogP contribution in [0.3, 0.4) is 0 Å². The molecule has 4 heteroatoms. The van der Waals surface area contributed by atoms with E-state index in [0.29, 0.717) is 12.0 Å².